The summed E-state index contributed by atoms with van der Waals surface area (Å²) in [6.45, 7) is 2.07. The highest BCUT2D eigenvalue weighted by molar-refractivity contribution is 6.34. The van der Waals surface area contributed by atoms with Crippen molar-refractivity contribution in [1.82, 2.24) is 5.43 Å². The summed E-state index contributed by atoms with van der Waals surface area (Å²) in [5.41, 5.74) is 2.82. The van der Waals surface area contributed by atoms with Crippen molar-refractivity contribution in [3.05, 3.63) is 12.2 Å². The molecule has 0 aromatic carbocycles. The summed E-state index contributed by atoms with van der Waals surface area (Å²) < 4.78 is 0. The molecule has 0 aromatic rings. The maximum atomic E-state index is 10.4. The van der Waals surface area contributed by atoms with Crippen molar-refractivity contribution in [3.63, 3.8) is 0 Å². The quantitative estimate of drug-likeness (QED) is 0.325. The molecule has 4 heteroatoms. The van der Waals surface area contributed by atoms with Gasteiger partial charge in [0.15, 0.2) is 0 Å². The second-order valence-electron chi connectivity index (χ2n) is 4.19. The molecule has 4 nitrogen and oxygen atoms in total. The summed E-state index contributed by atoms with van der Waals surface area (Å²) in [5, 5.41) is 12.3. The lowest BCUT2D eigenvalue weighted by atomic mass is 9.89. The van der Waals surface area contributed by atoms with Crippen LogP contribution < -0.4 is 5.43 Å². The van der Waals surface area contributed by atoms with Crippen LogP contribution in [0, 0.1) is 5.92 Å². The van der Waals surface area contributed by atoms with Crippen LogP contribution in [-0.2, 0) is 4.79 Å². The zero-order valence-electron chi connectivity index (χ0n) is 9.78. The Morgan fingerprint density at radius 1 is 1.44 bits per heavy atom. The van der Waals surface area contributed by atoms with Gasteiger partial charge in [0, 0.05) is 0 Å². The Morgan fingerprint density at radius 2 is 2.12 bits per heavy atom. The van der Waals surface area contributed by atoms with Crippen molar-refractivity contribution in [1.29, 1.82) is 0 Å². The van der Waals surface area contributed by atoms with E-state index in [9.17, 15) is 4.79 Å². The SMILES string of the molecule is C/C(=N/NC/C=C/C1CCCCC1)C(=O)O. The largest absolute Gasteiger partial charge is 0.477 e. The second-order valence-corrected chi connectivity index (χ2v) is 4.19. The molecule has 1 aliphatic carbocycles. The van der Waals surface area contributed by atoms with Crippen LogP contribution in [0.4, 0.5) is 0 Å². The van der Waals surface area contributed by atoms with E-state index in [2.05, 4.69) is 16.6 Å². The number of rotatable bonds is 5. The Hall–Kier alpha value is -1.32. The van der Waals surface area contributed by atoms with Gasteiger partial charge in [0.2, 0.25) is 0 Å². The Balaban J connectivity index is 2.16. The van der Waals surface area contributed by atoms with Crippen molar-refractivity contribution in [2.45, 2.75) is 39.0 Å². The summed E-state index contributed by atoms with van der Waals surface area (Å²) >= 11 is 0. The fourth-order valence-electron chi connectivity index (χ4n) is 1.85. The molecule has 0 aromatic heterocycles. The normalized spacial score (nSPS) is 18.9. The molecule has 0 radical (unpaired) electrons. The number of hydrogen-bond donors (Lipinski definition) is 2. The van der Waals surface area contributed by atoms with Crippen LogP contribution in [0.25, 0.3) is 0 Å². The summed E-state index contributed by atoms with van der Waals surface area (Å²) in [6.07, 6.45) is 10.9. The number of nitrogens with one attached hydrogen (secondary N) is 1. The lowest BCUT2D eigenvalue weighted by Crippen LogP contribution is -2.15. The molecular formula is C12H20N2O2. The number of hydrogen-bond acceptors (Lipinski definition) is 3. The second kappa shape index (κ2) is 7.04. The van der Waals surface area contributed by atoms with E-state index in [4.69, 9.17) is 5.11 Å². The molecule has 16 heavy (non-hydrogen) atoms. The predicted molar refractivity (Wildman–Crippen MR) is 64.5 cm³/mol. The molecule has 1 rings (SSSR count). The minimum atomic E-state index is -0.983. The van der Waals surface area contributed by atoms with Crippen molar-refractivity contribution in [2.24, 2.45) is 11.0 Å². The molecule has 0 bridgehead atoms. The average Bonchev–Trinajstić information content (AvgIpc) is 2.29. The van der Waals surface area contributed by atoms with Gasteiger partial charge in [-0.25, -0.2) is 4.79 Å². The standard InChI is InChI=1S/C12H20N2O2/c1-10(12(15)16)14-13-9-5-8-11-6-3-2-4-7-11/h5,8,11,13H,2-4,6-7,9H2,1H3,(H,15,16)/b8-5+,14-10-. The van der Waals surface area contributed by atoms with Gasteiger partial charge < -0.3 is 10.5 Å². The van der Waals surface area contributed by atoms with Gasteiger partial charge in [-0.15, -0.1) is 0 Å². The Kier molecular flexibility index (Phi) is 5.61. The van der Waals surface area contributed by atoms with Crippen LogP contribution in [0.3, 0.4) is 0 Å². The van der Waals surface area contributed by atoms with E-state index in [1.807, 2.05) is 6.08 Å². The molecule has 0 heterocycles. The molecule has 0 unspecified atom stereocenters. The molecule has 1 aliphatic rings. The molecule has 2 N–H and O–H groups in total. The van der Waals surface area contributed by atoms with E-state index in [1.165, 1.54) is 39.0 Å². The zero-order valence-corrected chi connectivity index (χ0v) is 9.78. The van der Waals surface area contributed by atoms with Gasteiger partial charge in [-0.05, 0) is 25.7 Å². The molecule has 0 amide bonds. The monoisotopic (exact) mass is 224 g/mol. The summed E-state index contributed by atoms with van der Waals surface area (Å²) in [6, 6.07) is 0. The predicted octanol–water partition coefficient (Wildman–Crippen LogP) is 2.17. The average molecular weight is 224 g/mol. The summed E-state index contributed by atoms with van der Waals surface area (Å²) in [7, 11) is 0. The van der Waals surface area contributed by atoms with Crippen molar-refractivity contribution < 1.29 is 9.90 Å². The first-order valence-corrected chi connectivity index (χ1v) is 5.87. The third kappa shape index (κ3) is 4.96. The third-order valence-corrected chi connectivity index (χ3v) is 2.82. The minimum absolute atomic E-state index is 0.0890. The van der Waals surface area contributed by atoms with Gasteiger partial charge in [0.1, 0.15) is 5.71 Å². The molecule has 1 saturated carbocycles. The molecule has 0 spiro atoms. The molecule has 0 aliphatic heterocycles. The molecule has 0 saturated heterocycles. The van der Waals surface area contributed by atoms with Crippen LogP contribution in [0.1, 0.15) is 39.0 Å². The van der Waals surface area contributed by atoms with Crippen LogP contribution in [0.5, 0.6) is 0 Å². The Labute approximate surface area is 96.4 Å². The summed E-state index contributed by atoms with van der Waals surface area (Å²) in [5.74, 6) is -0.274. The van der Waals surface area contributed by atoms with Gasteiger partial charge in [-0.2, -0.15) is 5.10 Å². The first kappa shape index (κ1) is 12.7. The van der Waals surface area contributed by atoms with E-state index in [1.54, 1.807) is 0 Å². The van der Waals surface area contributed by atoms with E-state index < -0.39 is 5.97 Å². The lowest BCUT2D eigenvalue weighted by Gasteiger charge is -2.17. The summed E-state index contributed by atoms with van der Waals surface area (Å²) in [4.78, 5) is 10.4. The van der Waals surface area contributed by atoms with Crippen LogP contribution >= 0.6 is 0 Å². The maximum absolute atomic E-state index is 10.4. The van der Waals surface area contributed by atoms with Crippen LogP contribution in [-0.4, -0.2) is 23.3 Å². The van der Waals surface area contributed by atoms with Crippen molar-refractivity contribution in [3.8, 4) is 0 Å². The van der Waals surface area contributed by atoms with Gasteiger partial charge >= 0.3 is 5.97 Å². The Morgan fingerprint density at radius 3 is 2.75 bits per heavy atom. The van der Waals surface area contributed by atoms with Crippen LogP contribution in [0.2, 0.25) is 0 Å². The van der Waals surface area contributed by atoms with Gasteiger partial charge in [0.25, 0.3) is 0 Å². The van der Waals surface area contributed by atoms with Crippen molar-refractivity contribution in [2.75, 3.05) is 6.54 Å². The fourth-order valence-corrected chi connectivity index (χ4v) is 1.85. The number of nitrogens with zero attached hydrogens (tertiary/aromatic N) is 1. The molecular weight excluding hydrogens is 204 g/mol. The minimum Gasteiger partial charge on any atom is -0.477 e. The fraction of sp³-hybridized carbons (Fsp3) is 0.667. The number of hydrazone groups is 1. The van der Waals surface area contributed by atoms with E-state index >= 15 is 0 Å². The highest BCUT2D eigenvalue weighted by atomic mass is 16.4. The van der Waals surface area contributed by atoms with E-state index in [-0.39, 0.29) is 5.71 Å². The first-order valence-electron chi connectivity index (χ1n) is 5.87. The van der Waals surface area contributed by atoms with Crippen LogP contribution in [0.15, 0.2) is 17.3 Å². The van der Waals surface area contributed by atoms with E-state index in [0.717, 1.165) is 0 Å². The molecule has 1 fully saturated rings. The maximum Gasteiger partial charge on any atom is 0.351 e. The molecule has 0 atom stereocenters. The number of carbonyl (C=O) groups is 1. The number of allylic oxidation sites excluding steroid dienone is 1. The number of carboxylic acids is 1. The lowest BCUT2D eigenvalue weighted by molar-refractivity contribution is -0.129. The highest BCUT2D eigenvalue weighted by Gasteiger charge is 2.09. The molecule has 90 valence electrons. The number of aliphatic carboxylic acids is 1. The van der Waals surface area contributed by atoms with Gasteiger partial charge in [-0.3, -0.25) is 0 Å². The van der Waals surface area contributed by atoms with Gasteiger partial charge in [0.05, 0.1) is 6.54 Å². The highest BCUT2D eigenvalue weighted by Crippen LogP contribution is 2.24. The number of carboxylic acid groups (broad SMARTS) is 1. The van der Waals surface area contributed by atoms with E-state index in [0.29, 0.717) is 12.5 Å². The third-order valence-electron chi connectivity index (χ3n) is 2.82. The zero-order chi connectivity index (χ0) is 11.8. The smallest absolute Gasteiger partial charge is 0.351 e. The topological polar surface area (TPSA) is 61.7 Å². The first-order chi connectivity index (χ1) is 7.70. The van der Waals surface area contributed by atoms with Gasteiger partial charge in [-0.1, -0.05) is 31.4 Å². The Bertz CT molecular complexity index is 279. The van der Waals surface area contributed by atoms with Crippen molar-refractivity contribution >= 4 is 11.7 Å².